The minimum absolute atomic E-state index is 0.0713. The fraction of sp³-hybridized carbons (Fsp3) is 0.222. The number of rotatable bonds is 6. The van der Waals surface area contributed by atoms with Crippen molar-refractivity contribution >= 4 is 21.7 Å². The van der Waals surface area contributed by atoms with Crippen molar-refractivity contribution in [1.82, 2.24) is 0 Å². The lowest BCUT2D eigenvalue weighted by Gasteiger charge is -2.08. The molecule has 0 amide bonds. The lowest BCUT2D eigenvalue weighted by Crippen LogP contribution is -2.20. The SMILES string of the molecule is O=C(O)COc1ccc(NS(=O)(=O)C(F)F)cc1. The molecule has 0 aliphatic heterocycles. The maximum atomic E-state index is 12.0. The molecule has 2 N–H and O–H groups in total. The average Bonchev–Trinajstić information content (AvgIpc) is 2.27. The number of sulfonamides is 1. The minimum Gasteiger partial charge on any atom is -0.482 e. The van der Waals surface area contributed by atoms with E-state index >= 15 is 0 Å². The smallest absolute Gasteiger partial charge is 0.355 e. The molecular weight excluding hydrogens is 272 g/mol. The van der Waals surface area contributed by atoms with E-state index in [-0.39, 0.29) is 11.4 Å². The van der Waals surface area contributed by atoms with E-state index in [2.05, 4.69) is 0 Å². The Balaban J connectivity index is 2.69. The second-order valence-corrected chi connectivity index (χ2v) is 4.77. The van der Waals surface area contributed by atoms with Crippen molar-refractivity contribution in [2.75, 3.05) is 11.3 Å². The van der Waals surface area contributed by atoms with Gasteiger partial charge in [0, 0.05) is 5.69 Å². The third kappa shape index (κ3) is 4.17. The highest BCUT2D eigenvalue weighted by Crippen LogP contribution is 2.18. The molecule has 1 aromatic rings. The number of carbonyl (C=O) groups is 1. The predicted octanol–water partition coefficient (Wildman–Crippen LogP) is 1.11. The topological polar surface area (TPSA) is 92.7 Å². The molecule has 0 fully saturated rings. The molecule has 0 saturated carbocycles. The van der Waals surface area contributed by atoms with E-state index in [0.29, 0.717) is 0 Å². The van der Waals surface area contributed by atoms with Crippen molar-refractivity contribution in [3.8, 4) is 5.75 Å². The number of halogens is 2. The normalized spacial score (nSPS) is 11.3. The van der Waals surface area contributed by atoms with Crippen LogP contribution in [0.2, 0.25) is 0 Å². The summed E-state index contributed by atoms with van der Waals surface area (Å²) >= 11 is 0. The van der Waals surface area contributed by atoms with Crippen LogP contribution in [0, 0.1) is 0 Å². The summed E-state index contributed by atoms with van der Waals surface area (Å²) in [6, 6.07) is 4.87. The number of carboxylic acid groups (broad SMARTS) is 1. The number of carboxylic acids is 1. The van der Waals surface area contributed by atoms with E-state index in [1.165, 1.54) is 24.3 Å². The number of hydrogen-bond acceptors (Lipinski definition) is 4. The van der Waals surface area contributed by atoms with Crippen LogP contribution in [0.25, 0.3) is 0 Å². The molecule has 0 saturated heterocycles. The molecular formula is C9H9F2NO5S. The highest BCUT2D eigenvalue weighted by atomic mass is 32.2. The summed E-state index contributed by atoms with van der Waals surface area (Å²) in [6.45, 7) is -0.553. The molecule has 0 spiro atoms. The summed E-state index contributed by atoms with van der Waals surface area (Å²) < 4.78 is 52.2. The molecule has 0 radical (unpaired) electrons. The largest absolute Gasteiger partial charge is 0.482 e. The van der Waals surface area contributed by atoms with Crippen molar-refractivity contribution < 1.29 is 31.8 Å². The second-order valence-electron chi connectivity index (χ2n) is 3.11. The van der Waals surface area contributed by atoms with Gasteiger partial charge >= 0.3 is 11.7 Å². The second kappa shape index (κ2) is 5.63. The van der Waals surface area contributed by atoms with Crippen LogP contribution in [0.15, 0.2) is 24.3 Å². The fourth-order valence-corrected chi connectivity index (χ4v) is 1.53. The Hall–Kier alpha value is -1.90. The lowest BCUT2D eigenvalue weighted by atomic mass is 10.3. The summed E-state index contributed by atoms with van der Waals surface area (Å²) in [5.41, 5.74) is -0.0713. The van der Waals surface area contributed by atoms with Gasteiger partial charge in [0.1, 0.15) is 5.75 Å². The van der Waals surface area contributed by atoms with Gasteiger partial charge in [-0.25, -0.2) is 13.2 Å². The molecule has 100 valence electrons. The van der Waals surface area contributed by atoms with Crippen LogP contribution >= 0.6 is 0 Å². The van der Waals surface area contributed by atoms with Crippen molar-refractivity contribution in [3.63, 3.8) is 0 Å². The standard InChI is InChI=1S/C9H9F2NO5S/c10-9(11)18(15,16)12-6-1-3-7(4-2-6)17-5-8(13)14/h1-4,9,12H,5H2,(H,13,14). The number of benzene rings is 1. The van der Waals surface area contributed by atoms with Crippen molar-refractivity contribution in [1.29, 1.82) is 0 Å². The van der Waals surface area contributed by atoms with Gasteiger partial charge in [-0.3, -0.25) is 4.72 Å². The Labute approximate surface area is 101 Å². The van der Waals surface area contributed by atoms with Crippen molar-refractivity contribution in [2.45, 2.75) is 5.76 Å². The highest BCUT2D eigenvalue weighted by Gasteiger charge is 2.23. The van der Waals surface area contributed by atoms with Crippen LogP contribution in [0.5, 0.6) is 5.75 Å². The van der Waals surface area contributed by atoms with E-state index < -0.39 is 28.4 Å². The van der Waals surface area contributed by atoms with Gasteiger partial charge in [0.15, 0.2) is 6.61 Å². The van der Waals surface area contributed by atoms with Crippen LogP contribution < -0.4 is 9.46 Å². The van der Waals surface area contributed by atoms with Gasteiger partial charge in [-0.15, -0.1) is 0 Å². The van der Waals surface area contributed by atoms with Crippen molar-refractivity contribution in [2.24, 2.45) is 0 Å². The third-order valence-electron chi connectivity index (χ3n) is 1.71. The molecule has 0 atom stereocenters. The summed E-state index contributed by atoms with van der Waals surface area (Å²) in [6.07, 6.45) is 0. The molecule has 18 heavy (non-hydrogen) atoms. The Morgan fingerprint density at radius 3 is 2.33 bits per heavy atom. The average molecular weight is 281 g/mol. The monoisotopic (exact) mass is 281 g/mol. The van der Waals surface area contributed by atoms with Gasteiger partial charge < -0.3 is 9.84 Å². The maximum absolute atomic E-state index is 12.0. The van der Waals surface area contributed by atoms with Crippen LogP contribution in [0.1, 0.15) is 0 Å². The van der Waals surface area contributed by atoms with Gasteiger partial charge in [-0.1, -0.05) is 0 Å². The van der Waals surface area contributed by atoms with Crippen LogP contribution in [0.3, 0.4) is 0 Å². The van der Waals surface area contributed by atoms with Gasteiger partial charge in [0.25, 0.3) is 10.0 Å². The Morgan fingerprint density at radius 2 is 1.89 bits per heavy atom. The fourth-order valence-electron chi connectivity index (χ4n) is 0.973. The van der Waals surface area contributed by atoms with Gasteiger partial charge in [0.2, 0.25) is 0 Å². The predicted molar refractivity (Wildman–Crippen MR) is 58.1 cm³/mol. The van der Waals surface area contributed by atoms with Crippen molar-refractivity contribution in [3.05, 3.63) is 24.3 Å². The Kier molecular flexibility index (Phi) is 4.43. The van der Waals surface area contributed by atoms with Gasteiger partial charge in [0.05, 0.1) is 0 Å². The van der Waals surface area contributed by atoms with Crippen LogP contribution in [0.4, 0.5) is 14.5 Å². The number of nitrogens with one attached hydrogen (secondary N) is 1. The summed E-state index contributed by atoms with van der Waals surface area (Å²) in [4.78, 5) is 10.2. The van der Waals surface area contributed by atoms with E-state index in [0.717, 1.165) is 0 Å². The first-order chi connectivity index (χ1) is 8.31. The molecule has 6 nitrogen and oxygen atoms in total. The number of hydrogen-bond donors (Lipinski definition) is 2. The Bertz CT molecular complexity index is 514. The molecule has 0 bridgehead atoms. The van der Waals surface area contributed by atoms with E-state index in [9.17, 15) is 22.0 Å². The first-order valence-corrected chi connectivity index (χ1v) is 6.10. The summed E-state index contributed by atoms with van der Waals surface area (Å²) in [5, 5.41) is 8.34. The molecule has 0 aromatic heterocycles. The first kappa shape index (κ1) is 14.2. The molecule has 1 aromatic carbocycles. The molecule has 0 aliphatic carbocycles. The zero-order valence-corrected chi connectivity index (χ0v) is 9.65. The number of anilines is 1. The number of alkyl halides is 2. The van der Waals surface area contributed by atoms with Crippen LogP contribution in [-0.4, -0.2) is 31.9 Å². The molecule has 0 heterocycles. The van der Waals surface area contributed by atoms with Gasteiger partial charge in [-0.2, -0.15) is 8.78 Å². The molecule has 1 rings (SSSR count). The van der Waals surface area contributed by atoms with Gasteiger partial charge in [-0.05, 0) is 24.3 Å². The summed E-state index contributed by atoms with van der Waals surface area (Å²) in [7, 11) is -4.71. The minimum atomic E-state index is -4.71. The molecule has 0 aliphatic rings. The molecule has 0 unspecified atom stereocenters. The van der Waals surface area contributed by atoms with E-state index in [1.807, 2.05) is 0 Å². The quantitative estimate of drug-likeness (QED) is 0.815. The van der Waals surface area contributed by atoms with Crippen LogP contribution in [-0.2, 0) is 14.8 Å². The lowest BCUT2D eigenvalue weighted by molar-refractivity contribution is -0.139. The number of aliphatic carboxylic acids is 1. The highest BCUT2D eigenvalue weighted by molar-refractivity contribution is 7.93. The number of ether oxygens (including phenoxy) is 1. The third-order valence-corrected chi connectivity index (χ3v) is 2.70. The molecule has 9 heteroatoms. The Morgan fingerprint density at radius 1 is 1.33 bits per heavy atom. The van der Waals surface area contributed by atoms with E-state index in [1.54, 1.807) is 4.72 Å². The summed E-state index contributed by atoms with van der Waals surface area (Å²) in [5.74, 6) is -4.52. The van der Waals surface area contributed by atoms with E-state index in [4.69, 9.17) is 9.84 Å². The zero-order valence-electron chi connectivity index (χ0n) is 8.84. The zero-order chi connectivity index (χ0) is 13.8. The first-order valence-electron chi connectivity index (χ1n) is 4.56. The maximum Gasteiger partial charge on any atom is 0.355 e.